The van der Waals surface area contributed by atoms with Gasteiger partial charge in [0, 0.05) is 17.7 Å². The number of carbonyl (C=O) groups excluding carboxylic acids is 2. The smallest absolute Gasteiger partial charge is 0.251 e. The third kappa shape index (κ3) is 4.69. The Morgan fingerprint density at radius 3 is 2.43 bits per heavy atom. The van der Waals surface area contributed by atoms with Crippen molar-refractivity contribution in [2.45, 2.75) is 19.4 Å². The van der Waals surface area contributed by atoms with Crippen molar-refractivity contribution in [3.63, 3.8) is 0 Å². The fourth-order valence-electron chi connectivity index (χ4n) is 2.02. The molecule has 2 rings (SSSR count). The summed E-state index contributed by atoms with van der Waals surface area (Å²) in [6, 6.07) is 9.75. The Bertz CT molecular complexity index is 652. The van der Waals surface area contributed by atoms with E-state index in [9.17, 15) is 14.7 Å². The van der Waals surface area contributed by atoms with E-state index >= 15 is 0 Å². The number of nitrogens with one attached hydrogen (secondary N) is 2. The molecule has 0 aliphatic carbocycles. The van der Waals surface area contributed by atoms with Gasteiger partial charge in [-0.2, -0.15) is 0 Å². The molecule has 2 aromatic rings. The Morgan fingerprint density at radius 1 is 1.13 bits per heavy atom. The van der Waals surface area contributed by atoms with E-state index in [4.69, 9.17) is 4.42 Å². The van der Waals surface area contributed by atoms with Crippen molar-refractivity contribution in [2.75, 3.05) is 13.1 Å². The minimum atomic E-state index is -0.912. The summed E-state index contributed by atoms with van der Waals surface area (Å²) in [6.07, 6.45) is 1.39. The largest absolute Gasteiger partial charge is 0.467 e. The third-order valence-corrected chi connectivity index (χ3v) is 3.25. The normalized spacial score (nSPS) is 11.7. The van der Waals surface area contributed by atoms with Gasteiger partial charge in [0.2, 0.25) is 0 Å². The maximum absolute atomic E-state index is 12.1. The monoisotopic (exact) mass is 316 g/mol. The van der Waals surface area contributed by atoms with Crippen LogP contribution in [0.15, 0.2) is 47.1 Å². The van der Waals surface area contributed by atoms with Gasteiger partial charge in [-0.3, -0.25) is 9.59 Å². The first-order chi connectivity index (χ1) is 11.1. The molecule has 1 heterocycles. The second kappa shape index (κ2) is 8.14. The molecule has 0 spiro atoms. The fraction of sp³-hybridized carbons (Fsp3) is 0.294. The molecule has 1 aromatic carbocycles. The molecule has 1 atom stereocenters. The Labute approximate surface area is 134 Å². The highest BCUT2D eigenvalue weighted by atomic mass is 16.4. The van der Waals surface area contributed by atoms with Crippen molar-refractivity contribution >= 4 is 11.8 Å². The molecule has 0 fully saturated rings. The molecule has 1 unspecified atom stereocenters. The van der Waals surface area contributed by atoms with Crippen LogP contribution in [0, 0.1) is 0 Å². The molecule has 0 bridgehead atoms. The van der Waals surface area contributed by atoms with Crippen LogP contribution >= 0.6 is 0 Å². The second-order valence-electron chi connectivity index (χ2n) is 5.08. The zero-order chi connectivity index (χ0) is 16.7. The summed E-state index contributed by atoms with van der Waals surface area (Å²) in [6.45, 7) is 2.58. The molecule has 6 heteroatoms. The Kier molecular flexibility index (Phi) is 5.94. The van der Waals surface area contributed by atoms with Gasteiger partial charge in [0.15, 0.2) is 0 Å². The van der Waals surface area contributed by atoms with Crippen molar-refractivity contribution in [1.82, 2.24) is 10.6 Å². The van der Waals surface area contributed by atoms with E-state index in [0.29, 0.717) is 23.4 Å². The van der Waals surface area contributed by atoms with E-state index in [2.05, 4.69) is 10.6 Å². The van der Waals surface area contributed by atoms with Crippen LogP contribution in [-0.2, 0) is 0 Å². The number of aliphatic hydroxyl groups excluding tert-OH is 1. The van der Waals surface area contributed by atoms with Crippen LogP contribution in [0.2, 0.25) is 0 Å². The lowest BCUT2D eigenvalue weighted by molar-refractivity contribution is 0.0901. The van der Waals surface area contributed by atoms with E-state index in [-0.39, 0.29) is 18.4 Å². The summed E-state index contributed by atoms with van der Waals surface area (Å²) in [5, 5.41) is 15.2. The first-order valence-corrected chi connectivity index (χ1v) is 7.49. The first kappa shape index (κ1) is 16.8. The van der Waals surface area contributed by atoms with Gasteiger partial charge in [-0.15, -0.1) is 0 Å². The predicted octanol–water partition coefficient (Wildman–Crippen LogP) is 1.88. The Hall–Kier alpha value is -2.60. The molecule has 0 aliphatic rings. The van der Waals surface area contributed by atoms with Crippen LogP contribution in [-0.4, -0.2) is 30.0 Å². The van der Waals surface area contributed by atoms with E-state index in [1.165, 1.54) is 12.3 Å². The summed E-state index contributed by atoms with van der Waals surface area (Å²) in [5.41, 5.74) is 0.790. The van der Waals surface area contributed by atoms with Crippen LogP contribution in [0.1, 0.15) is 45.9 Å². The third-order valence-electron chi connectivity index (χ3n) is 3.25. The quantitative estimate of drug-likeness (QED) is 0.727. The van der Waals surface area contributed by atoms with Gasteiger partial charge >= 0.3 is 0 Å². The number of amides is 2. The molecule has 2 amide bonds. The maximum Gasteiger partial charge on any atom is 0.251 e. The van der Waals surface area contributed by atoms with Crippen LogP contribution in [0.3, 0.4) is 0 Å². The van der Waals surface area contributed by atoms with E-state index < -0.39 is 6.10 Å². The molecular weight excluding hydrogens is 296 g/mol. The molecule has 3 N–H and O–H groups in total. The van der Waals surface area contributed by atoms with Crippen LogP contribution in [0.4, 0.5) is 0 Å². The van der Waals surface area contributed by atoms with Gasteiger partial charge in [-0.05, 0) is 36.8 Å². The van der Waals surface area contributed by atoms with Gasteiger partial charge in [0.1, 0.15) is 11.9 Å². The van der Waals surface area contributed by atoms with Gasteiger partial charge < -0.3 is 20.2 Å². The molecule has 0 aliphatic heterocycles. The predicted molar refractivity (Wildman–Crippen MR) is 85.1 cm³/mol. The van der Waals surface area contributed by atoms with Crippen LogP contribution in [0.5, 0.6) is 0 Å². The van der Waals surface area contributed by atoms with Crippen LogP contribution in [0.25, 0.3) is 0 Å². The number of benzene rings is 1. The van der Waals surface area contributed by atoms with Gasteiger partial charge in [0.25, 0.3) is 11.8 Å². The van der Waals surface area contributed by atoms with Gasteiger partial charge in [-0.1, -0.05) is 13.0 Å². The first-order valence-electron chi connectivity index (χ1n) is 7.49. The van der Waals surface area contributed by atoms with Gasteiger partial charge in [0.05, 0.1) is 12.8 Å². The molecular formula is C17H20N2O4. The number of aliphatic hydroxyl groups is 1. The minimum Gasteiger partial charge on any atom is -0.467 e. The number of hydrogen-bond acceptors (Lipinski definition) is 4. The molecule has 0 radical (unpaired) electrons. The van der Waals surface area contributed by atoms with E-state index in [1.54, 1.807) is 30.3 Å². The molecule has 1 aromatic heterocycles. The van der Waals surface area contributed by atoms with Crippen molar-refractivity contribution in [3.05, 3.63) is 59.5 Å². The zero-order valence-electron chi connectivity index (χ0n) is 12.9. The minimum absolute atomic E-state index is 0.0264. The van der Waals surface area contributed by atoms with E-state index in [0.717, 1.165) is 6.42 Å². The Morgan fingerprint density at radius 2 is 1.83 bits per heavy atom. The average molecular weight is 316 g/mol. The molecule has 23 heavy (non-hydrogen) atoms. The van der Waals surface area contributed by atoms with Crippen molar-refractivity contribution in [1.29, 1.82) is 0 Å². The Balaban J connectivity index is 1.95. The van der Waals surface area contributed by atoms with Crippen molar-refractivity contribution in [2.24, 2.45) is 0 Å². The topological polar surface area (TPSA) is 91.6 Å². The summed E-state index contributed by atoms with van der Waals surface area (Å²) in [5.74, 6) is -0.184. The zero-order valence-corrected chi connectivity index (χ0v) is 12.9. The van der Waals surface area contributed by atoms with Gasteiger partial charge in [-0.25, -0.2) is 0 Å². The summed E-state index contributed by atoms with van der Waals surface area (Å²) < 4.78 is 5.07. The summed E-state index contributed by atoms with van der Waals surface area (Å²) in [4.78, 5) is 24.0. The molecule has 122 valence electrons. The number of furan rings is 1. The molecule has 6 nitrogen and oxygen atoms in total. The lowest BCUT2D eigenvalue weighted by atomic mass is 10.1. The highest BCUT2D eigenvalue weighted by Crippen LogP contribution is 2.12. The highest BCUT2D eigenvalue weighted by Gasteiger charge is 2.14. The van der Waals surface area contributed by atoms with Crippen LogP contribution < -0.4 is 10.6 Å². The lowest BCUT2D eigenvalue weighted by Gasteiger charge is -2.10. The standard InChI is InChI=1S/C17H20N2O4/c1-2-8-18-16(21)12-5-3-6-13(10-12)17(22)19-11-14(20)15-7-4-9-23-15/h3-7,9-10,14,20H,2,8,11H2,1H3,(H,18,21)(H,19,22). The number of carbonyl (C=O) groups is 2. The maximum atomic E-state index is 12.1. The second-order valence-corrected chi connectivity index (χ2v) is 5.08. The summed E-state index contributed by atoms with van der Waals surface area (Å²) in [7, 11) is 0. The number of hydrogen-bond donors (Lipinski definition) is 3. The fourth-order valence-corrected chi connectivity index (χ4v) is 2.02. The van der Waals surface area contributed by atoms with Crippen molar-refractivity contribution in [3.8, 4) is 0 Å². The highest BCUT2D eigenvalue weighted by molar-refractivity contribution is 5.99. The number of rotatable bonds is 7. The van der Waals surface area contributed by atoms with Crippen molar-refractivity contribution < 1.29 is 19.1 Å². The van der Waals surface area contributed by atoms with E-state index in [1.807, 2.05) is 6.92 Å². The molecule has 0 saturated carbocycles. The lowest BCUT2D eigenvalue weighted by Crippen LogP contribution is -2.29. The SMILES string of the molecule is CCCNC(=O)c1cccc(C(=O)NCC(O)c2ccco2)c1. The summed E-state index contributed by atoms with van der Waals surface area (Å²) >= 11 is 0. The average Bonchev–Trinajstić information content (AvgIpc) is 3.12. The molecule has 0 saturated heterocycles.